The summed E-state index contributed by atoms with van der Waals surface area (Å²) in [6, 6.07) is 21.4. The summed E-state index contributed by atoms with van der Waals surface area (Å²) in [6.07, 6.45) is 0. The van der Waals surface area contributed by atoms with Crippen molar-refractivity contribution in [1.82, 2.24) is 14.1 Å². The zero-order valence-corrected chi connectivity index (χ0v) is 22.2. The number of nitro benzene ring substituents is 1. The van der Waals surface area contributed by atoms with Gasteiger partial charge in [0.2, 0.25) is 0 Å². The molecule has 3 aromatic carbocycles. The topological polar surface area (TPSA) is 92.2 Å². The lowest BCUT2D eigenvalue weighted by Gasteiger charge is -2.15. The van der Waals surface area contributed by atoms with Gasteiger partial charge < -0.3 is 4.74 Å². The summed E-state index contributed by atoms with van der Waals surface area (Å²) in [5.74, 6) is 0.883. The van der Waals surface area contributed by atoms with Crippen LogP contribution >= 0.6 is 35.3 Å². The highest BCUT2D eigenvalue weighted by Crippen LogP contribution is 2.32. The number of thioether (sulfide) groups is 1. The first-order chi connectivity index (χ1) is 17.9. The molecule has 0 bridgehead atoms. The quantitative estimate of drug-likeness (QED) is 0.0755. The lowest BCUT2D eigenvalue weighted by atomic mass is 10.2. The normalized spacial score (nSPS) is 11.1. The number of ether oxygens (including phenoxy) is 1. The lowest BCUT2D eigenvalue weighted by Crippen LogP contribution is -2.22. The molecule has 186 valence electrons. The zero-order chi connectivity index (χ0) is 26.1. The van der Waals surface area contributed by atoms with Crippen LogP contribution < -0.4 is 10.3 Å². The molecule has 11 heteroatoms. The molecule has 5 rings (SSSR count). The summed E-state index contributed by atoms with van der Waals surface area (Å²) in [7, 11) is 1.55. The first-order valence-corrected chi connectivity index (χ1v) is 13.3. The number of benzene rings is 3. The molecule has 0 unspecified atom stereocenters. The number of nitro groups is 1. The van der Waals surface area contributed by atoms with Crippen LogP contribution in [0.4, 0.5) is 5.69 Å². The molecule has 2 aromatic heterocycles. The Morgan fingerprint density at radius 3 is 2.51 bits per heavy atom. The standard InChI is InChI=1S/C26H20N4O4S3/c1-16-8-3-4-11-19(16)28-23-22(37-26(28)35)24(31)29(20-12-5-6-13-21(20)34-2)25(27-23)36-15-17-9-7-10-18(14-17)30(32)33/h3-14H,15H2,1-2H3. The maximum Gasteiger partial charge on any atom is 0.278 e. The van der Waals surface area contributed by atoms with Crippen LogP contribution in [0.25, 0.3) is 21.7 Å². The molecule has 8 nitrogen and oxygen atoms in total. The van der Waals surface area contributed by atoms with E-state index in [0.29, 0.717) is 36.6 Å². The van der Waals surface area contributed by atoms with Crippen molar-refractivity contribution in [3.05, 3.63) is 108 Å². The van der Waals surface area contributed by atoms with Crippen LogP contribution in [0, 0.1) is 21.0 Å². The van der Waals surface area contributed by atoms with Gasteiger partial charge in [0.1, 0.15) is 10.4 Å². The van der Waals surface area contributed by atoms with Crippen LogP contribution in [0.2, 0.25) is 0 Å². The Balaban J connectivity index is 1.74. The fraction of sp³-hybridized carbons (Fsp3) is 0.115. The number of methoxy groups -OCH3 is 1. The van der Waals surface area contributed by atoms with Crippen molar-refractivity contribution in [3.63, 3.8) is 0 Å². The second kappa shape index (κ2) is 10.3. The van der Waals surface area contributed by atoms with Crippen molar-refractivity contribution in [3.8, 4) is 17.1 Å². The third-order valence-corrected chi connectivity index (χ3v) is 8.11. The van der Waals surface area contributed by atoms with Crippen LogP contribution in [0.1, 0.15) is 11.1 Å². The van der Waals surface area contributed by atoms with Gasteiger partial charge in [0.05, 0.1) is 23.4 Å². The third-order valence-electron chi connectivity index (χ3n) is 5.75. The molecule has 0 saturated carbocycles. The Labute approximate surface area is 225 Å². The molecular weight excluding hydrogens is 529 g/mol. The lowest BCUT2D eigenvalue weighted by molar-refractivity contribution is -0.384. The fourth-order valence-electron chi connectivity index (χ4n) is 3.99. The van der Waals surface area contributed by atoms with Gasteiger partial charge in [-0.3, -0.25) is 24.0 Å². The monoisotopic (exact) mass is 548 g/mol. The van der Waals surface area contributed by atoms with E-state index in [1.165, 1.54) is 39.8 Å². The van der Waals surface area contributed by atoms with Gasteiger partial charge in [-0.2, -0.15) is 0 Å². The largest absolute Gasteiger partial charge is 0.495 e. The number of aryl methyl sites for hydroxylation is 1. The summed E-state index contributed by atoms with van der Waals surface area (Å²) >= 11 is 8.21. The summed E-state index contributed by atoms with van der Waals surface area (Å²) in [5, 5.41) is 11.7. The van der Waals surface area contributed by atoms with Crippen LogP contribution in [0.5, 0.6) is 5.75 Å². The Kier molecular flexibility index (Phi) is 6.92. The molecule has 5 aromatic rings. The van der Waals surface area contributed by atoms with Crippen molar-refractivity contribution in [2.24, 2.45) is 0 Å². The van der Waals surface area contributed by atoms with Crippen LogP contribution in [-0.2, 0) is 5.75 Å². The number of thiazole rings is 1. The van der Waals surface area contributed by atoms with Gasteiger partial charge in [-0.05, 0) is 48.5 Å². The van der Waals surface area contributed by atoms with Crippen molar-refractivity contribution in [1.29, 1.82) is 0 Å². The SMILES string of the molecule is COc1ccccc1-n1c(SCc2cccc([N+](=O)[O-])c2)nc2c(sc(=S)n2-c2ccccc2C)c1=O. The van der Waals surface area contributed by atoms with E-state index >= 15 is 0 Å². The van der Waals surface area contributed by atoms with Gasteiger partial charge in [-0.1, -0.05) is 65.6 Å². The average Bonchev–Trinajstić information content (AvgIpc) is 3.24. The number of hydrogen-bond acceptors (Lipinski definition) is 8. The van der Waals surface area contributed by atoms with Crippen molar-refractivity contribution in [2.45, 2.75) is 17.8 Å². The molecule has 0 fully saturated rings. The van der Waals surface area contributed by atoms with Gasteiger partial charge in [0.25, 0.3) is 11.2 Å². The summed E-state index contributed by atoms with van der Waals surface area (Å²) < 4.78 is 9.85. The molecule has 0 aliphatic carbocycles. The second-order valence-electron chi connectivity index (χ2n) is 8.07. The molecule has 0 aliphatic heterocycles. The number of para-hydroxylation sites is 3. The van der Waals surface area contributed by atoms with Crippen molar-refractivity contribution in [2.75, 3.05) is 7.11 Å². The molecule has 0 saturated heterocycles. The van der Waals surface area contributed by atoms with E-state index in [9.17, 15) is 14.9 Å². The van der Waals surface area contributed by atoms with E-state index < -0.39 is 4.92 Å². The van der Waals surface area contributed by atoms with E-state index in [2.05, 4.69) is 0 Å². The first kappa shape index (κ1) is 24.9. The second-order valence-corrected chi connectivity index (χ2v) is 10.7. The van der Waals surface area contributed by atoms with Crippen LogP contribution in [0.15, 0.2) is 82.7 Å². The van der Waals surface area contributed by atoms with E-state index in [-0.39, 0.29) is 11.2 Å². The number of aromatic nitrogens is 3. The highest BCUT2D eigenvalue weighted by atomic mass is 32.2. The molecular formula is C26H20N4O4S3. The zero-order valence-electron chi connectivity index (χ0n) is 19.8. The number of hydrogen-bond donors (Lipinski definition) is 0. The highest BCUT2D eigenvalue weighted by Gasteiger charge is 2.21. The average molecular weight is 549 g/mol. The van der Waals surface area contributed by atoms with Crippen molar-refractivity contribution >= 4 is 51.4 Å². The number of non-ortho nitro benzene ring substituents is 1. The minimum absolute atomic E-state index is 0.00890. The number of rotatable bonds is 7. The molecule has 0 aliphatic rings. The predicted molar refractivity (Wildman–Crippen MR) is 149 cm³/mol. The maximum absolute atomic E-state index is 14.0. The van der Waals surface area contributed by atoms with E-state index in [0.717, 1.165) is 16.8 Å². The minimum Gasteiger partial charge on any atom is -0.495 e. The number of fused-ring (bicyclic) bond motifs is 1. The molecule has 37 heavy (non-hydrogen) atoms. The molecule has 0 spiro atoms. The van der Waals surface area contributed by atoms with E-state index in [4.69, 9.17) is 21.9 Å². The predicted octanol–water partition coefficient (Wildman–Crippen LogP) is 6.48. The minimum atomic E-state index is -0.426. The molecule has 2 heterocycles. The summed E-state index contributed by atoms with van der Waals surface area (Å²) in [6.45, 7) is 1.98. The van der Waals surface area contributed by atoms with Gasteiger partial charge in [0.15, 0.2) is 14.8 Å². The fourth-order valence-corrected chi connectivity index (χ4v) is 6.22. The van der Waals surface area contributed by atoms with Crippen molar-refractivity contribution < 1.29 is 9.66 Å². The Hall–Kier alpha value is -3.80. The Morgan fingerprint density at radius 1 is 1.05 bits per heavy atom. The molecule has 0 amide bonds. The molecule has 0 radical (unpaired) electrons. The molecule has 0 atom stereocenters. The van der Waals surface area contributed by atoms with Crippen LogP contribution in [0.3, 0.4) is 0 Å². The highest BCUT2D eigenvalue weighted by molar-refractivity contribution is 7.98. The Morgan fingerprint density at radius 2 is 1.78 bits per heavy atom. The van der Waals surface area contributed by atoms with Gasteiger partial charge >= 0.3 is 0 Å². The maximum atomic E-state index is 14.0. The third kappa shape index (κ3) is 4.68. The first-order valence-electron chi connectivity index (χ1n) is 11.1. The van der Waals surface area contributed by atoms with Gasteiger partial charge in [-0.25, -0.2) is 4.98 Å². The Bertz CT molecular complexity index is 1770. The summed E-state index contributed by atoms with van der Waals surface area (Å²) in [4.78, 5) is 29.7. The summed E-state index contributed by atoms with van der Waals surface area (Å²) in [5.41, 5.74) is 3.36. The van der Waals surface area contributed by atoms with E-state index in [1.54, 1.807) is 25.3 Å². The van der Waals surface area contributed by atoms with Crippen LogP contribution in [-0.4, -0.2) is 26.2 Å². The van der Waals surface area contributed by atoms with E-state index in [1.807, 2.05) is 54.0 Å². The molecule has 0 N–H and O–H groups in total. The van der Waals surface area contributed by atoms with Gasteiger partial charge in [0, 0.05) is 17.9 Å². The smallest absolute Gasteiger partial charge is 0.278 e. The number of nitrogens with zero attached hydrogens (tertiary/aromatic N) is 4. The van der Waals surface area contributed by atoms with Gasteiger partial charge in [-0.15, -0.1) is 0 Å².